The smallest absolute Gasteiger partial charge is 0.404 e. The standard InChI is InChI=1S/C32H57BN6O6/c1-7-8-14-23(21-12-9-10-13-21)28(40)36-24(15-11-16-35-30(34)38-39(42)43)29(41)37-27(17-20(2)3)33-44-26-19-22-18-25(31(22,4)5)32(26,6)45-33/h20-27H,7-19H2,1-6H3,(H,36,40)(H,37,41)(H3,34,35,38)/t22-,23?,24-,25-,26+,27-,32-/m0/s1. The van der Waals surface area contributed by atoms with Gasteiger partial charge in [0.1, 0.15) is 6.04 Å². The quantitative estimate of drug-likeness (QED) is 0.0491. The third-order valence-corrected chi connectivity index (χ3v) is 11.3. The Morgan fingerprint density at radius 2 is 1.80 bits per heavy atom. The third kappa shape index (κ3) is 8.31. The Balaban J connectivity index is 1.48. The summed E-state index contributed by atoms with van der Waals surface area (Å²) in [6.07, 6.45) is 10.7. The van der Waals surface area contributed by atoms with E-state index in [2.05, 4.69) is 57.2 Å². The Labute approximate surface area is 269 Å². The van der Waals surface area contributed by atoms with E-state index in [4.69, 9.17) is 15.0 Å². The summed E-state index contributed by atoms with van der Waals surface area (Å²) in [5.74, 6) is 0.530. The van der Waals surface area contributed by atoms with Crippen LogP contribution in [-0.4, -0.2) is 60.2 Å². The number of nitro groups is 1. The van der Waals surface area contributed by atoms with Gasteiger partial charge in [-0.2, -0.15) is 0 Å². The predicted octanol–water partition coefficient (Wildman–Crippen LogP) is 4.14. The maximum Gasteiger partial charge on any atom is 0.481 e. The van der Waals surface area contributed by atoms with E-state index in [0.29, 0.717) is 37.0 Å². The highest BCUT2D eigenvalue weighted by Gasteiger charge is 2.68. The first kappa shape index (κ1) is 35.4. The zero-order chi connectivity index (χ0) is 32.9. The van der Waals surface area contributed by atoms with Gasteiger partial charge in [0, 0.05) is 12.5 Å². The Hall–Kier alpha value is -2.41. The summed E-state index contributed by atoms with van der Waals surface area (Å²) < 4.78 is 13.3. The van der Waals surface area contributed by atoms with Crippen LogP contribution in [0, 0.1) is 45.1 Å². The van der Waals surface area contributed by atoms with Crippen molar-refractivity contribution >= 4 is 24.9 Å². The number of rotatable bonds is 16. The molecule has 1 heterocycles. The number of guanidine groups is 1. The molecule has 13 heteroatoms. The lowest BCUT2D eigenvalue weighted by atomic mass is 9.43. The van der Waals surface area contributed by atoms with Crippen LogP contribution in [0.25, 0.3) is 0 Å². The SMILES string of the molecule is CCCCC(C(=O)N[C@@H](CCCN=C(N)N[N+](=O)[O-])C(=O)N[C@@H](CC(C)C)B1O[C@@H]2C[C@@H]3C[C@@H](C3(C)C)[C@]2(C)O1)C1CCCC1. The molecule has 5 rings (SSSR count). The predicted molar refractivity (Wildman–Crippen MR) is 174 cm³/mol. The van der Waals surface area contributed by atoms with E-state index in [0.717, 1.165) is 57.8 Å². The van der Waals surface area contributed by atoms with Gasteiger partial charge in [-0.3, -0.25) is 9.59 Å². The van der Waals surface area contributed by atoms with Crippen LogP contribution in [0.4, 0.5) is 0 Å². The molecule has 1 saturated heterocycles. The van der Waals surface area contributed by atoms with Gasteiger partial charge in [0.2, 0.25) is 11.8 Å². The summed E-state index contributed by atoms with van der Waals surface area (Å²) in [7, 11) is -0.564. The van der Waals surface area contributed by atoms with Crippen LogP contribution in [0.15, 0.2) is 4.99 Å². The summed E-state index contributed by atoms with van der Waals surface area (Å²) in [4.78, 5) is 42.5. The number of carbonyl (C=O) groups is 2. The van der Waals surface area contributed by atoms with Crippen molar-refractivity contribution in [3.8, 4) is 0 Å². The average Bonchev–Trinajstić information content (AvgIpc) is 3.61. The molecule has 12 nitrogen and oxygen atoms in total. The third-order valence-electron chi connectivity index (χ3n) is 11.3. The van der Waals surface area contributed by atoms with E-state index in [1.165, 1.54) is 0 Å². The molecular formula is C32H57BN6O6. The molecule has 1 unspecified atom stereocenters. The topological polar surface area (TPSA) is 170 Å². The minimum absolute atomic E-state index is 0.00293. The van der Waals surface area contributed by atoms with Gasteiger partial charge in [-0.05, 0) is 87.4 Å². The molecule has 2 amide bonds. The van der Waals surface area contributed by atoms with E-state index < -0.39 is 18.2 Å². The highest BCUT2D eigenvalue weighted by molar-refractivity contribution is 6.48. The zero-order valence-corrected chi connectivity index (χ0v) is 28.3. The molecule has 4 aliphatic carbocycles. The molecule has 7 atom stereocenters. The Kier molecular flexibility index (Phi) is 11.8. The minimum atomic E-state index is -0.788. The number of nitrogens with zero attached hydrogens (tertiary/aromatic N) is 2. The lowest BCUT2D eigenvalue weighted by Gasteiger charge is -2.64. The molecule has 0 aromatic heterocycles. The lowest BCUT2D eigenvalue weighted by molar-refractivity contribution is -0.525. The number of nitrogens with two attached hydrogens (primary N) is 1. The van der Waals surface area contributed by atoms with Gasteiger partial charge >= 0.3 is 7.12 Å². The highest BCUT2D eigenvalue weighted by atomic mass is 16.7. The van der Waals surface area contributed by atoms with Gasteiger partial charge in [0.25, 0.3) is 5.96 Å². The van der Waals surface area contributed by atoms with Gasteiger partial charge < -0.3 is 25.7 Å². The first-order valence-corrected chi connectivity index (χ1v) is 17.4. The molecule has 45 heavy (non-hydrogen) atoms. The Morgan fingerprint density at radius 1 is 1.09 bits per heavy atom. The van der Waals surface area contributed by atoms with Crippen molar-refractivity contribution in [2.24, 2.45) is 45.7 Å². The highest BCUT2D eigenvalue weighted by Crippen LogP contribution is 2.65. The molecule has 2 bridgehead atoms. The van der Waals surface area contributed by atoms with E-state index >= 15 is 0 Å². The largest absolute Gasteiger partial charge is 0.481 e. The van der Waals surface area contributed by atoms with Crippen LogP contribution in [0.2, 0.25) is 0 Å². The van der Waals surface area contributed by atoms with Crippen molar-refractivity contribution in [1.82, 2.24) is 16.1 Å². The van der Waals surface area contributed by atoms with Crippen LogP contribution >= 0.6 is 0 Å². The van der Waals surface area contributed by atoms with Gasteiger partial charge in [-0.15, -0.1) is 0 Å². The van der Waals surface area contributed by atoms with Gasteiger partial charge in [-0.25, -0.2) is 15.1 Å². The fourth-order valence-corrected chi connectivity index (χ4v) is 8.64. The molecular weight excluding hydrogens is 575 g/mol. The average molecular weight is 633 g/mol. The number of unbranched alkanes of at least 4 members (excludes halogenated alkanes) is 1. The Bertz CT molecular complexity index is 1080. The summed E-state index contributed by atoms with van der Waals surface area (Å²) in [5.41, 5.74) is 7.24. The number of nitrogens with one attached hydrogen (secondary N) is 3. The first-order chi connectivity index (χ1) is 21.3. The Morgan fingerprint density at radius 3 is 2.42 bits per heavy atom. The molecule has 0 radical (unpaired) electrons. The minimum Gasteiger partial charge on any atom is -0.404 e. The number of hydrogen-bond acceptors (Lipinski definition) is 7. The van der Waals surface area contributed by atoms with Crippen LogP contribution in [0.3, 0.4) is 0 Å². The van der Waals surface area contributed by atoms with Crippen molar-refractivity contribution < 1.29 is 23.9 Å². The number of hydrogen-bond donors (Lipinski definition) is 4. The molecule has 254 valence electrons. The van der Waals surface area contributed by atoms with Crippen molar-refractivity contribution in [2.75, 3.05) is 6.54 Å². The molecule has 1 aliphatic heterocycles. The molecule has 5 N–H and O–H groups in total. The number of carbonyl (C=O) groups excluding carboxylic acids is 2. The summed E-state index contributed by atoms with van der Waals surface area (Å²) >= 11 is 0. The fourth-order valence-electron chi connectivity index (χ4n) is 8.64. The second-order valence-electron chi connectivity index (χ2n) is 15.2. The maximum absolute atomic E-state index is 14.0. The van der Waals surface area contributed by atoms with Crippen molar-refractivity contribution in [3.05, 3.63) is 10.1 Å². The fraction of sp³-hybridized carbons (Fsp3) is 0.906. The number of amides is 2. The normalized spacial score (nSPS) is 29.4. The number of hydrazine groups is 1. The van der Waals surface area contributed by atoms with Crippen molar-refractivity contribution in [1.29, 1.82) is 0 Å². The molecule has 0 aromatic rings. The monoisotopic (exact) mass is 632 g/mol. The van der Waals surface area contributed by atoms with E-state index in [-0.39, 0.29) is 59.2 Å². The van der Waals surface area contributed by atoms with Crippen molar-refractivity contribution in [2.45, 2.75) is 142 Å². The second-order valence-corrected chi connectivity index (χ2v) is 15.2. The van der Waals surface area contributed by atoms with Crippen molar-refractivity contribution in [3.63, 3.8) is 0 Å². The second kappa shape index (κ2) is 15.0. The molecule has 0 spiro atoms. The number of aliphatic imine (C=N–C) groups is 1. The van der Waals surface area contributed by atoms with Crippen LogP contribution in [0.5, 0.6) is 0 Å². The van der Waals surface area contributed by atoms with Gasteiger partial charge in [-0.1, -0.05) is 65.7 Å². The molecule has 5 fully saturated rings. The van der Waals surface area contributed by atoms with Gasteiger partial charge in [0.05, 0.1) is 17.6 Å². The molecule has 0 aromatic carbocycles. The van der Waals surface area contributed by atoms with E-state index in [1.54, 1.807) is 0 Å². The first-order valence-electron chi connectivity index (χ1n) is 17.4. The van der Waals surface area contributed by atoms with Crippen LogP contribution < -0.4 is 21.8 Å². The summed E-state index contributed by atoms with van der Waals surface area (Å²) in [5, 5.41) is 16.2. The summed E-state index contributed by atoms with van der Waals surface area (Å²) in [6, 6.07) is -0.788. The summed E-state index contributed by atoms with van der Waals surface area (Å²) in [6.45, 7) is 13.4. The van der Waals surface area contributed by atoms with E-state index in [1.807, 2.05) is 5.43 Å². The van der Waals surface area contributed by atoms with Gasteiger partial charge in [0.15, 0.2) is 5.03 Å². The molecule has 4 saturated carbocycles. The molecule has 5 aliphatic rings. The van der Waals surface area contributed by atoms with Crippen LogP contribution in [-0.2, 0) is 18.9 Å². The lowest BCUT2D eigenvalue weighted by Crippen LogP contribution is -2.65. The zero-order valence-electron chi connectivity index (χ0n) is 28.3. The van der Waals surface area contributed by atoms with Crippen LogP contribution in [0.1, 0.15) is 119 Å². The van der Waals surface area contributed by atoms with E-state index in [9.17, 15) is 19.7 Å². The maximum atomic E-state index is 14.0.